The van der Waals surface area contributed by atoms with Gasteiger partial charge in [-0.3, -0.25) is 0 Å². The number of aryl methyl sites for hydroxylation is 5. The van der Waals surface area contributed by atoms with E-state index in [0.717, 1.165) is 18.1 Å². The molecule has 1 heterocycles. The number of benzene rings is 1. The molecule has 0 aliphatic carbocycles. The average Bonchev–Trinajstić information content (AvgIpc) is 2.66. The molecule has 0 aliphatic heterocycles. The van der Waals surface area contributed by atoms with Crippen LogP contribution in [0, 0.1) is 41.5 Å². The molecule has 1 aromatic carbocycles. The van der Waals surface area contributed by atoms with Gasteiger partial charge < -0.3 is 9.73 Å². The Morgan fingerprint density at radius 1 is 0.905 bits per heavy atom. The first-order valence-electron chi connectivity index (χ1n) is 7.74. The third kappa shape index (κ3) is 2.91. The lowest BCUT2D eigenvalue weighted by atomic mass is 9.90. The Labute approximate surface area is 128 Å². The van der Waals surface area contributed by atoms with Gasteiger partial charge in [-0.05, 0) is 75.9 Å². The molecular weight excluding hydrogens is 258 g/mol. The van der Waals surface area contributed by atoms with E-state index in [1.807, 2.05) is 6.92 Å². The molecule has 1 atom stereocenters. The molecule has 114 valence electrons. The minimum absolute atomic E-state index is 0.201. The topological polar surface area (TPSA) is 25.2 Å². The highest BCUT2D eigenvalue weighted by molar-refractivity contribution is 5.46. The molecule has 0 bridgehead atoms. The predicted octanol–water partition coefficient (Wildman–Crippen LogP) is 4.83. The molecule has 0 saturated carbocycles. The lowest BCUT2D eigenvalue weighted by Gasteiger charge is -2.22. The number of nitrogens with one attached hydrogen (secondary N) is 1. The average molecular weight is 285 g/mol. The van der Waals surface area contributed by atoms with E-state index in [9.17, 15) is 0 Å². The summed E-state index contributed by atoms with van der Waals surface area (Å²) in [6.45, 7) is 15.9. The largest absolute Gasteiger partial charge is 0.466 e. The Hall–Kier alpha value is -1.54. The highest BCUT2D eigenvalue weighted by Gasteiger charge is 2.23. The second-order valence-electron chi connectivity index (χ2n) is 6.04. The third-order valence-corrected chi connectivity index (χ3v) is 4.51. The van der Waals surface area contributed by atoms with Gasteiger partial charge in [0.1, 0.15) is 11.5 Å². The quantitative estimate of drug-likeness (QED) is 0.870. The van der Waals surface area contributed by atoms with Gasteiger partial charge in [0.05, 0.1) is 6.04 Å². The van der Waals surface area contributed by atoms with Gasteiger partial charge in [0.2, 0.25) is 0 Å². The predicted molar refractivity (Wildman–Crippen MR) is 89.1 cm³/mol. The van der Waals surface area contributed by atoms with Gasteiger partial charge in [0.15, 0.2) is 0 Å². The Bertz CT molecular complexity index is 652. The zero-order chi connectivity index (χ0) is 15.7. The highest BCUT2D eigenvalue weighted by atomic mass is 16.3. The van der Waals surface area contributed by atoms with E-state index in [4.69, 9.17) is 4.42 Å². The molecule has 2 nitrogen and oxygen atoms in total. The van der Waals surface area contributed by atoms with Gasteiger partial charge >= 0.3 is 0 Å². The maximum Gasteiger partial charge on any atom is 0.106 e. The van der Waals surface area contributed by atoms with Crippen molar-refractivity contribution in [3.63, 3.8) is 0 Å². The number of rotatable bonds is 4. The maximum absolute atomic E-state index is 5.85. The van der Waals surface area contributed by atoms with Crippen LogP contribution in [0.4, 0.5) is 0 Å². The summed E-state index contributed by atoms with van der Waals surface area (Å²) in [4.78, 5) is 0. The Morgan fingerprint density at radius 3 is 2.05 bits per heavy atom. The number of hydrogen-bond acceptors (Lipinski definition) is 2. The summed E-state index contributed by atoms with van der Waals surface area (Å²) in [5.74, 6) is 2.04. The number of furan rings is 1. The molecule has 0 spiro atoms. The molecule has 2 rings (SSSR count). The van der Waals surface area contributed by atoms with Crippen LogP contribution in [0.1, 0.15) is 57.9 Å². The molecule has 1 N–H and O–H groups in total. The first kappa shape index (κ1) is 15.8. The molecule has 0 fully saturated rings. The zero-order valence-electron chi connectivity index (χ0n) is 14.3. The van der Waals surface area contributed by atoms with Crippen molar-refractivity contribution in [1.29, 1.82) is 0 Å². The summed E-state index contributed by atoms with van der Waals surface area (Å²) < 4.78 is 5.85. The summed E-state index contributed by atoms with van der Waals surface area (Å²) in [7, 11) is 0. The summed E-state index contributed by atoms with van der Waals surface area (Å²) in [5.41, 5.74) is 7.93. The fourth-order valence-electron chi connectivity index (χ4n) is 3.10. The van der Waals surface area contributed by atoms with Crippen LogP contribution in [0.15, 0.2) is 16.5 Å². The molecule has 1 aromatic heterocycles. The molecular formula is C19H27NO. The van der Waals surface area contributed by atoms with Gasteiger partial charge in [-0.25, -0.2) is 0 Å². The molecule has 2 heteroatoms. The van der Waals surface area contributed by atoms with Gasteiger partial charge in [-0.15, -0.1) is 0 Å². The van der Waals surface area contributed by atoms with E-state index < -0.39 is 0 Å². The van der Waals surface area contributed by atoms with Crippen molar-refractivity contribution in [3.05, 3.63) is 57.0 Å². The van der Waals surface area contributed by atoms with Crippen LogP contribution >= 0.6 is 0 Å². The van der Waals surface area contributed by atoms with Crippen molar-refractivity contribution in [2.45, 2.75) is 54.5 Å². The molecule has 2 aromatic rings. The van der Waals surface area contributed by atoms with Crippen molar-refractivity contribution >= 4 is 0 Å². The summed E-state index contributed by atoms with van der Waals surface area (Å²) in [5, 5.41) is 3.64. The van der Waals surface area contributed by atoms with Gasteiger partial charge in [0.25, 0.3) is 0 Å². The van der Waals surface area contributed by atoms with E-state index in [-0.39, 0.29) is 6.04 Å². The van der Waals surface area contributed by atoms with Crippen LogP contribution in [0.3, 0.4) is 0 Å². The van der Waals surface area contributed by atoms with E-state index >= 15 is 0 Å². The Kier molecular flexibility index (Phi) is 4.58. The SMILES string of the molecule is CCNC(c1cc(C)c(C)cc1C)c1c(C)oc(C)c1C. The van der Waals surface area contributed by atoms with E-state index in [2.05, 4.69) is 59.0 Å². The van der Waals surface area contributed by atoms with Crippen LogP contribution in [-0.4, -0.2) is 6.54 Å². The maximum atomic E-state index is 5.85. The molecule has 21 heavy (non-hydrogen) atoms. The Balaban J connectivity index is 2.61. The van der Waals surface area contributed by atoms with Gasteiger partial charge in [-0.2, -0.15) is 0 Å². The zero-order valence-corrected chi connectivity index (χ0v) is 14.3. The van der Waals surface area contributed by atoms with Crippen LogP contribution < -0.4 is 5.32 Å². The lowest BCUT2D eigenvalue weighted by molar-refractivity contribution is 0.494. The second kappa shape index (κ2) is 6.07. The molecule has 0 amide bonds. The lowest BCUT2D eigenvalue weighted by Crippen LogP contribution is -2.24. The second-order valence-corrected chi connectivity index (χ2v) is 6.04. The minimum Gasteiger partial charge on any atom is -0.466 e. The smallest absolute Gasteiger partial charge is 0.106 e. The van der Waals surface area contributed by atoms with Crippen LogP contribution in [0.25, 0.3) is 0 Å². The molecule has 0 saturated heterocycles. The highest BCUT2D eigenvalue weighted by Crippen LogP contribution is 2.33. The molecule has 0 radical (unpaired) electrons. The standard InChI is InChI=1S/C19H27NO/c1-8-20-19(18-14(5)15(6)21-16(18)7)17-10-12(3)11(2)9-13(17)4/h9-10,19-20H,8H2,1-7H3. The normalized spacial score (nSPS) is 12.7. The fraction of sp³-hybridized carbons (Fsp3) is 0.474. The van der Waals surface area contributed by atoms with Crippen molar-refractivity contribution in [2.75, 3.05) is 6.54 Å². The van der Waals surface area contributed by atoms with Gasteiger partial charge in [-0.1, -0.05) is 19.1 Å². The Morgan fingerprint density at radius 2 is 1.52 bits per heavy atom. The minimum atomic E-state index is 0.201. The summed E-state index contributed by atoms with van der Waals surface area (Å²) in [6.07, 6.45) is 0. The fourth-order valence-corrected chi connectivity index (χ4v) is 3.10. The summed E-state index contributed by atoms with van der Waals surface area (Å²) in [6, 6.07) is 4.80. The third-order valence-electron chi connectivity index (χ3n) is 4.51. The van der Waals surface area contributed by atoms with E-state index in [0.29, 0.717) is 0 Å². The summed E-state index contributed by atoms with van der Waals surface area (Å²) >= 11 is 0. The van der Waals surface area contributed by atoms with Crippen molar-refractivity contribution < 1.29 is 4.42 Å². The van der Waals surface area contributed by atoms with Gasteiger partial charge in [0, 0.05) is 5.56 Å². The number of hydrogen-bond donors (Lipinski definition) is 1. The van der Waals surface area contributed by atoms with Crippen molar-refractivity contribution in [2.24, 2.45) is 0 Å². The van der Waals surface area contributed by atoms with Crippen LogP contribution in [0.2, 0.25) is 0 Å². The van der Waals surface area contributed by atoms with E-state index in [1.54, 1.807) is 0 Å². The first-order chi connectivity index (χ1) is 9.86. The monoisotopic (exact) mass is 285 g/mol. The molecule has 1 unspecified atom stereocenters. The first-order valence-corrected chi connectivity index (χ1v) is 7.74. The van der Waals surface area contributed by atoms with Crippen molar-refractivity contribution in [3.8, 4) is 0 Å². The van der Waals surface area contributed by atoms with Crippen molar-refractivity contribution in [1.82, 2.24) is 5.32 Å². The van der Waals surface area contributed by atoms with E-state index in [1.165, 1.54) is 33.4 Å². The van der Waals surface area contributed by atoms with Crippen LogP contribution in [0.5, 0.6) is 0 Å². The molecule has 0 aliphatic rings. The van der Waals surface area contributed by atoms with Crippen LogP contribution in [-0.2, 0) is 0 Å².